The van der Waals surface area contributed by atoms with Gasteiger partial charge in [0.1, 0.15) is 11.6 Å². The normalized spacial score (nSPS) is 13.7. The Hall–Kier alpha value is -3.29. The summed E-state index contributed by atoms with van der Waals surface area (Å²) in [6, 6.07) is 6.70. The minimum Gasteiger partial charge on any atom is -0.454 e. The van der Waals surface area contributed by atoms with Crippen molar-refractivity contribution in [2.75, 3.05) is 6.79 Å². The molecule has 0 saturated heterocycles. The van der Waals surface area contributed by atoms with Crippen LogP contribution in [0.2, 0.25) is 0 Å². The fourth-order valence-electron chi connectivity index (χ4n) is 3.29. The summed E-state index contributed by atoms with van der Waals surface area (Å²) in [5.74, 6) is 1.13. The number of ether oxygens (including phenoxy) is 2. The van der Waals surface area contributed by atoms with Crippen molar-refractivity contribution in [3.63, 3.8) is 0 Å². The smallest absolute Gasteiger partial charge is 0.277 e. The highest BCUT2D eigenvalue weighted by Crippen LogP contribution is 2.32. The van der Waals surface area contributed by atoms with Crippen molar-refractivity contribution in [1.82, 2.24) is 19.7 Å². The molecule has 1 aliphatic heterocycles. The zero-order valence-electron chi connectivity index (χ0n) is 15.4. The van der Waals surface area contributed by atoms with E-state index >= 15 is 0 Å². The highest BCUT2D eigenvalue weighted by atomic mass is 16.7. The van der Waals surface area contributed by atoms with Crippen molar-refractivity contribution in [3.8, 4) is 11.5 Å². The molecule has 8 heteroatoms. The first-order valence-corrected chi connectivity index (χ1v) is 8.66. The molecule has 0 aliphatic carbocycles. The number of amides is 1. The Kier molecular flexibility index (Phi) is 4.10. The van der Waals surface area contributed by atoms with E-state index in [1.165, 1.54) is 4.57 Å². The van der Waals surface area contributed by atoms with E-state index in [0.717, 1.165) is 16.6 Å². The highest BCUT2D eigenvalue weighted by Gasteiger charge is 2.20. The zero-order valence-corrected chi connectivity index (χ0v) is 15.4. The van der Waals surface area contributed by atoms with E-state index < -0.39 is 6.04 Å². The van der Waals surface area contributed by atoms with Gasteiger partial charge in [-0.3, -0.25) is 14.3 Å². The van der Waals surface area contributed by atoms with Crippen LogP contribution in [0.25, 0.3) is 10.9 Å². The summed E-state index contributed by atoms with van der Waals surface area (Å²) in [5.41, 5.74) is 1.94. The fourth-order valence-corrected chi connectivity index (χ4v) is 3.29. The molecule has 2 aromatic heterocycles. The second-order valence-electron chi connectivity index (χ2n) is 6.58. The number of hydrogen-bond acceptors (Lipinski definition) is 5. The van der Waals surface area contributed by atoms with Crippen LogP contribution in [0.5, 0.6) is 11.5 Å². The van der Waals surface area contributed by atoms with Gasteiger partial charge >= 0.3 is 0 Å². The average molecular weight is 368 g/mol. The summed E-state index contributed by atoms with van der Waals surface area (Å²) in [6.45, 7) is 4.10. The molecule has 27 heavy (non-hydrogen) atoms. The van der Waals surface area contributed by atoms with Gasteiger partial charge in [-0.15, -0.1) is 0 Å². The van der Waals surface area contributed by atoms with Gasteiger partial charge in [-0.25, -0.2) is 0 Å². The zero-order chi connectivity index (χ0) is 19.1. The first-order valence-electron chi connectivity index (χ1n) is 8.66. The highest BCUT2D eigenvalue weighted by molar-refractivity contribution is 5.83. The number of hydrogen-bond donors (Lipinski definition) is 1. The molecule has 0 fully saturated rings. The van der Waals surface area contributed by atoms with Crippen LogP contribution >= 0.6 is 0 Å². The summed E-state index contributed by atoms with van der Waals surface area (Å²) in [6.07, 6.45) is 1.64. The van der Waals surface area contributed by atoms with Crippen molar-refractivity contribution < 1.29 is 14.3 Å². The molecule has 140 valence electrons. The quantitative estimate of drug-likeness (QED) is 0.757. The second kappa shape index (κ2) is 6.46. The predicted octanol–water partition coefficient (Wildman–Crippen LogP) is 1.65. The second-order valence-corrected chi connectivity index (χ2v) is 6.58. The van der Waals surface area contributed by atoms with Crippen LogP contribution in [-0.4, -0.2) is 27.0 Å². The van der Waals surface area contributed by atoms with Crippen molar-refractivity contribution in [3.05, 3.63) is 52.1 Å². The lowest BCUT2D eigenvalue weighted by Gasteiger charge is -2.15. The lowest BCUT2D eigenvalue weighted by molar-refractivity contribution is -0.124. The Morgan fingerprint density at radius 1 is 1.30 bits per heavy atom. The van der Waals surface area contributed by atoms with Crippen molar-refractivity contribution in [2.45, 2.75) is 26.4 Å². The average Bonchev–Trinajstić information content (AvgIpc) is 3.23. The third kappa shape index (κ3) is 2.92. The van der Waals surface area contributed by atoms with Crippen LogP contribution in [0.3, 0.4) is 0 Å². The number of nitrogens with one attached hydrogen (secondary N) is 1. The molecule has 4 rings (SSSR count). The van der Waals surface area contributed by atoms with Crippen molar-refractivity contribution >= 4 is 16.8 Å². The van der Waals surface area contributed by atoms with E-state index in [2.05, 4.69) is 10.4 Å². The summed E-state index contributed by atoms with van der Waals surface area (Å²) >= 11 is 0. The van der Waals surface area contributed by atoms with E-state index in [0.29, 0.717) is 23.6 Å². The number of fused-ring (bicyclic) bond motifs is 2. The number of carbonyl (C=O) groups is 1. The topological polar surface area (TPSA) is 87.4 Å². The van der Waals surface area contributed by atoms with Gasteiger partial charge in [0.05, 0.1) is 5.69 Å². The van der Waals surface area contributed by atoms with Crippen LogP contribution < -0.4 is 20.3 Å². The van der Waals surface area contributed by atoms with Gasteiger partial charge in [0, 0.05) is 25.2 Å². The van der Waals surface area contributed by atoms with Gasteiger partial charge in [0.2, 0.25) is 12.7 Å². The molecule has 1 aromatic carbocycles. The number of nitrogens with zero attached hydrogens (tertiary/aromatic N) is 3. The fraction of sp³-hybridized carbons (Fsp3) is 0.316. The van der Waals surface area contributed by atoms with E-state index in [4.69, 9.17) is 9.47 Å². The van der Waals surface area contributed by atoms with Crippen LogP contribution in [0, 0.1) is 6.92 Å². The van der Waals surface area contributed by atoms with Crippen LogP contribution in [0.1, 0.15) is 24.2 Å². The number of benzene rings is 1. The summed E-state index contributed by atoms with van der Waals surface area (Å²) in [5, 5.41) is 7.95. The maximum absolute atomic E-state index is 12.8. The minimum atomic E-state index is -0.647. The molecule has 8 nitrogen and oxygen atoms in total. The van der Waals surface area contributed by atoms with Gasteiger partial charge in [-0.1, -0.05) is 6.07 Å². The standard InChI is InChI=1S/C19H20N4O4/c1-11-14-6-7-23(19(25)17(14)22(3)21-11)12(2)18(24)20-9-13-4-5-15-16(8-13)27-10-26-15/h4-8,12H,9-10H2,1-3H3,(H,20,24)/t12-/m1/s1. The molecule has 0 unspecified atom stereocenters. The third-order valence-corrected chi connectivity index (χ3v) is 4.81. The molecule has 1 aliphatic rings. The molecule has 3 aromatic rings. The van der Waals surface area contributed by atoms with Crippen LogP contribution in [-0.2, 0) is 18.4 Å². The number of aryl methyl sites for hydroxylation is 2. The Morgan fingerprint density at radius 2 is 2.07 bits per heavy atom. The van der Waals surface area contributed by atoms with Gasteiger partial charge in [0.15, 0.2) is 11.5 Å². The maximum Gasteiger partial charge on any atom is 0.277 e. The lowest BCUT2D eigenvalue weighted by atomic mass is 10.2. The summed E-state index contributed by atoms with van der Waals surface area (Å²) in [7, 11) is 1.73. The molecule has 1 N–H and O–H groups in total. The molecule has 0 bridgehead atoms. The van der Waals surface area contributed by atoms with Crippen molar-refractivity contribution in [2.24, 2.45) is 7.05 Å². The van der Waals surface area contributed by atoms with Crippen LogP contribution in [0.15, 0.2) is 35.3 Å². The van der Waals surface area contributed by atoms with E-state index in [9.17, 15) is 9.59 Å². The number of pyridine rings is 1. The predicted molar refractivity (Wildman–Crippen MR) is 98.8 cm³/mol. The number of carbonyl (C=O) groups excluding carboxylic acids is 1. The molecule has 1 amide bonds. The summed E-state index contributed by atoms with van der Waals surface area (Å²) in [4.78, 5) is 25.4. The first-order chi connectivity index (χ1) is 13.0. The molecule has 3 heterocycles. The third-order valence-electron chi connectivity index (χ3n) is 4.81. The number of rotatable bonds is 4. The minimum absolute atomic E-state index is 0.209. The van der Waals surface area contributed by atoms with Crippen molar-refractivity contribution in [1.29, 1.82) is 0 Å². The molecular weight excluding hydrogens is 348 g/mol. The number of aromatic nitrogens is 3. The van der Waals surface area contributed by atoms with E-state index in [1.807, 2.05) is 31.2 Å². The molecule has 1 atom stereocenters. The molecule has 0 spiro atoms. The van der Waals surface area contributed by atoms with Crippen LogP contribution in [0.4, 0.5) is 0 Å². The monoisotopic (exact) mass is 368 g/mol. The van der Waals surface area contributed by atoms with Gasteiger partial charge < -0.3 is 19.4 Å². The van der Waals surface area contributed by atoms with E-state index in [1.54, 1.807) is 24.9 Å². The van der Waals surface area contributed by atoms with Gasteiger partial charge in [0.25, 0.3) is 5.56 Å². The summed E-state index contributed by atoms with van der Waals surface area (Å²) < 4.78 is 13.6. The van der Waals surface area contributed by atoms with Gasteiger partial charge in [-0.05, 0) is 37.6 Å². The Morgan fingerprint density at radius 3 is 2.89 bits per heavy atom. The maximum atomic E-state index is 12.8. The largest absolute Gasteiger partial charge is 0.454 e. The Balaban J connectivity index is 1.52. The SMILES string of the molecule is Cc1nn(C)c2c(=O)n([C@H](C)C(=O)NCc3ccc4c(c3)OCO4)ccc12. The molecule has 0 saturated carbocycles. The first kappa shape index (κ1) is 17.1. The molecular formula is C19H20N4O4. The van der Waals surface area contributed by atoms with Gasteiger partial charge in [-0.2, -0.15) is 5.10 Å². The Labute approximate surface area is 155 Å². The molecule has 0 radical (unpaired) electrons. The Bertz CT molecular complexity index is 1100. The lowest BCUT2D eigenvalue weighted by Crippen LogP contribution is -2.35. The van der Waals surface area contributed by atoms with E-state index in [-0.39, 0.29) is 18.3 Å².